The Bertz CT molecular complexity index is 329. The molecule has 0 aliphatic heterocycles. The highest BCUT2D eigenvalue weighted by Crippen LogP contribution is 2.41. The Kier molecular flexibility index (Phi) is 2.80. The van der Waals surface area contributed by atoms with Gasteiger partial charge in [-0.25, -0.2) is 0 Å². The van der Waals surface area contributed by atoms with Crippen LogP contribution in [-0.2, 0) is 11.8 Å². The first-order valence-electron chi connectivity index (χ1n) is 5.41. The lowest BCUT2D eigenvalue weighted by molar-refractivity contribution is -0.102. The first-order valence-corrected chi connectivity index (χ1v) is 5.41. The van der Waals surface area contributed by atoms with Gasteiger partial charge in [-0.05, 0) is 18.9 Å². The van der Waals surface area contributed by atoms with E-state index in [1.807, 2.05) is 19.3 Å². The third kappa shape index (κ3) is 1.79. The molecule has 2 rings (SSSR count). The fourth-order valence-electron chi connectivity index (χ4n) is 2.41. The molecule has 1 saturated carbocycles. The Morgan fingerprint density at radius 3 is 2.67 bits per heavy atom. The van der Waals surface area contributed by atoms with Crippen molar-refractivity contribution < 1.29 is 9.84 Å². The minimum Gasteiger partial charge on any atom is -0.384 e. The highest BCUT2D eigenvalue weighted by atomic mass is 16.5. The van der Waals surface area contributed by atoms with Crippen LogP contribution in [0.5, 0.6) is 0 Å². The van der Waals surface area contributed by atoms with Crippen LogP contribution in [0.3, 0.4) is 0 Å². The summed E-state index contributed by atoms with van der Waals surface area (Å²) in [5.74, 6) is 0. The number of methoxy groups -OCH3 is 1. The summed E-state index contributed by atoms with van der Waals surface area (Å²) < 4.78 is 7.23. The minimum atomic E-state index is -0.605. The molecule has 1 fully saturated rings. The lowest BCUT2D eigenvalue weighted by atomic mass is 9.92. The van der Waals surface area contributed by atoms with Gasteiger partial charge in [0, 0.05) is 20.4 Å². The second-order valence-corrected chi connectivity index (χ2v) is 4.29. The van der Waals surface area contributed by atoms with Gasteiger partial charge in [-0.1, -0.05) is 12.8 Å². The maximum absolute atomic E-state index is 10.3. The molecule has 1 N–H and O–H groups in total. The third-order valence-electron chi connectivity index (χ3n) is 3.37. The molecule has 0 amide bonds. The van der Waals surface area contributed by atoms with Crippen LogP contribution in [0.4, 0.5) is 0 Å². The van der Waals surface area contributed by atoms with E-state index in [0.717, 1.165) is 25.7 Å². The number of rotatable bonds is 3. The number of ether oxygens (including phenoxy) is 1. The maximum atomic E-state index is 10.3. The molecule has 1 aliphatic rings. The van der Waals surface area contributed by atoms with E-state index < -0.39 is 11.7 Å². The molecule has 0 spiro atoms. The molecule has 0 saturated heterocycles. The standard InChI is InChI=1S/C11H18N2O2/c1-13-8-5-9(12-13)10(14)11(15-2)6-3-4-7-11/h5,8,10,14H,3-4,6-7H2,1-2H3. The van der Waals surface area contributed by atoms with Crippen molar-refractivity contribution in [3.8, 4) is 0 Å². The second-order valence-electron chi connectivity index (χ2n) is 4.29. The van der Waals surface area contributed by atoms with Gasteiger partial charge in [0.15, 0.2) is 0 Å². The molecule has 4 heteroatoms. The fourth-order valence-corrected chi connectivity index (χ4v) is 2.41. The van der Waals surface area contributed by atoms with Crippen LogP contribution in [0.25, 0.3) is 0 Å². The minimum absolute atomic E-state index is 0.408. The molecule has 1 aliphatic carbocycles. The second kappa shape index (κ2) is 3.94. The van der Waals surface area contributed by atoms with E-state index in [0.29, 0.717) is 5.69 Å². The van der Waals surface area contributed by atoms with Gasteiger partial charge in [-0.2, -0.15) is 5.10 Å². The van der Waals surface area contributed by atoms with E-state index >= 15 is 0 Å². The number of aliphatic hydroxyl groups is 1. The number of hydrogen-bond acceptors (Lipinski definition) is 3. The average Bonchev–Trinajstić information content (AvgIpc) is 2.86. The first-order chi connectivity index (χ1) is 7.18. The molecule has 0 radical (unpaired) electrons. The molecule has 0 aromatic carbocycles. The predicted octanol–water partition coefficient (Wildman–Crippen LogP) is 1.41. The smallest absolute Gasteiger partial charge is 0.127 e. The van der Waals surface area contributed by atoms with Crippen LogP contribution >= 0.6 is 0 Å². The van der Waals surface area contributed by atoms with Crippen LogP contribution in [0.15, 0.2) is 12.3 Å². The topological polar surface area (TPSA) is 47.3 Å². The van der Waals surface area contributed by atoms with E-state index in [1.165, 1.54) is 0 Å². The Labute approximate surface area is 89.9 Å². The molecular weight excluding hydrogens is 192 g/mol. The van der Waals surface area contributed by atoms with Crippen molar-refractivity contribution >= 4 is 0 Å². The highest BCUT2D eigenvalue weighted by Gasteiger charge is 2.42. The summed E-state index contributed by atoms with van der Waals surface area (Å²) >= 11 is 0. The van der Waals surface area contributed by atoms with Crippen LogP contribution in [0, 0.1) is 0 Å². The highest BCUT2D eigenvalue weighted by molar-refractivity contribution is 5.10. The fraction of sp³-hybridized carbons (Fsp3) is 0.727. The first kappa shape index (κ1) is 10.6. The van der Waals surface area contributed by atoms with Gasteiger partial charge in [-0.15, -0.1) is 0 Å². The molecular formula is C11H18N2O2. The number of aryl methyl sites for hydroxylation is 1. The molecule has 1 heterocycles. The maximum Gasteiger partial charge on any atom is 0.127 e. The summed E-state index contributed by atoms with van der Waals surface area (Å²) in [6.45, 7) is 0. The summed E-state index contributed by atoms with van der Waals surface area (Å²) in [5, 5.41) is 14.5. The molecule has 1 aromatic heterocycles. The van der Waals surface area contributed by atoms with Crippen molar-refractivity contribution in [2.75, 3.05) is 7.11 Å². The molecule has 1 aromatic rings. The lowest BCUT2D eigenvalue weighted by Crippen LogP contribution is -2.35. The summed E-state index contributed by atoms with van der Waals surface area (Å²) in [7, 11) is 3.53. The molecule has 1 atom stereocenters. The SMILES string of the molecule is COC1(C(O)c2ccn(C)n2)CCCC1. The number of hydrogen-bond donors (Lipinski definition) is 1. The number of nitrogens with zero attached hydrogens (tertiary/aromatic N) is 2. The molecule has 1 unspecified atom stereocenters. The molecule has 4 nitrogen and oxygen atoms in total. The Balaban J connectivity index is 2.21. The summed E-state index contributed by atoms with van der Waals surface area (Å²) in [4.78, 5) is 0. The van der Waals surface area contributed by atoms with Crippen molar-refractivity contribution in [3.05, 3.63) is 18.0 Å². The van der Waals surface area contributed by atoms with E-state index in [2.05, 4.69) is 5.10 Å². The van der Waals surface area contributed by atoms with Crippen molar-refractivity contribution in [1.82, 2.24) is 9.78 Å². The van der Waals surface area contributed by atoms with Gasteiger partial charge in [0.25, 0.3) is 0 Å². The Morgan fingerprint density at radius 2 is 2.20 bits per heavy atom. The predicted molar refractivity (Wildman–Crippen MR) is 56.4 cm³/mol. The van der Waals surface area contributed by atoms with Crippen LogP contribution in [0.2, 0.25) is 0 Å². The van der Waals surface area contributed by atoms with Crippen molar-refractivity contribution in [2.45, 2.75) is 37.4 Å². The van der Waals surface area contributed by atoms with Gasteiger partial charge >= 0.3 is 0 Å². The summed E-state index contributed by atoms with van der Waals surface area (Å²) in [6, 6.07) is 1.85. The molecule has 0 bridgehead atoms. The van der Waals surface area contributed by atoms with E-state index in [1.54, 1.807) is 11.8 Å². The largest absolute Gasteiger partial charge is 0.384 e. The van der Waals surface area contributed by atoms with Crippen molar-refractivity contribution in [1.29, 1.82) is 0 Å². The normalized spacial score (nSPS) is 21.8. The van der Waals surface area contributed by atoms with Gasteiger partial charge < -0.3 is 9.84 Å². The van der Waals surface area contributed by atoms with Gasteiger partial charge in [0.1, 0.15) is 6.10 Å². The average molecular weight is 210 g/mol. The zero-order chi connectivity index (χ0) is 10.9. The number of aliphatic hydroxyl groups excluding tert-OH is 1. The third-order valence-corrected chi connectivity index (χ3v) is 3.37. The van der Waals surface area contributed by atoms with Gasteiger partial charge in [-0.3, -0.25) is 4.68 Å². The monoisotopic (exact) mass is 210 g/mol. The molecule has 15 heavy (non-hydrogen) atoms. The van der Waals surface area contributed by atoms with E-state index in [4.69, 9.17) is 4.74 Å². The van der Waals surface area contributed by atoms with Crippen molar-refractivity contribution in [3.63, 3.8) is 0 Å². The quantitative estimate of drug-likeness (QED) is 0.820. The zero-order valence-electron chi connectivity index (χ0n) is 9.31. The van der Waals surface area contributed by atoms with Gasteiger partial charge in [0.05, 0.1) is 11.3 Å². The zero-order valence-corrected chi connectivity index (χ0v) is 9.31. The van der Waals surface area contributed by atoms with E-state index in [-0.39, 0.29) is 0 Å². The molecule has 84 valence electrons. The Morgan fingerprint density at radius 1 is 1.53 bits per heavy atom. The summed E-state index contributed by atoms with van der Waals surface area (Å²) in [6.07, 6.45) is 5.32. The summed E-state index contributed by atoms with van der Waals surface area (Å²) in [5.41, 5.74) is 0.301. The van der Waals surface area contributed by atoms with Crippen LogP contribution in [0.1, 0.15) is 37.5 Å². The number of aromatic nitrogens is 2. The van der Waals surface area contributed by atoms with Crippen LogP contribution in [-0.4, -0.2) is 27.6 Å². The van der Waals surface area contributed by atoms with E-state index in [9.17, 15) is 5.11 Å². The van der Waals surface area contributed by atoms with Crippen molar-refractivity contribution in [2.24, 2.45) is 7.05 Å². The van der Waals surface area contributed by atoms with Gasteiger partial charge in [0.2, 0.25) is 0 Å². The lowest BCUT2D eigenvalue weighted by Gasteiger charge is -2.31. The van der Waals surface area contributed by atoms with Crippen LogP contribution < -0.4 is 0 Å². The Hall–Kier alpha value is -0.870.